The molecule has 2 aromatic heterocycles. The molecule has 2 heterocycles. The molecule has 12 heteroatoms. The number of hydrogen-bond acceptors (Lipinski definition) is 4. The van der Waals surface area contributed by atoms with E-state index in [1.807, 2.05) is 0 Å². The van der Waals surface area contributed by atoms with Crippen molar-refractivity contribution in [3.63, 3.8) is 0 Å². The van der Waals surface area contributed by atoms with Gasteiger partial charge in [0.2, 0.25) is 5.82 Å². The first kappa shape index (κ1) is 23.5. The molecule has 2 aromatic carbocycles. The Morgan fingerprint density at radius 2 is 1.59 bits per heavy atom. The van der Waals surface area contributed by atoms with E-state index in [1.54, 1.807) is 30.3 Å². The third kappa shape index (κ3) is 4.96. The maximum atomic E-state index is 13.9. The molecular weight excluding hydrogens is 529 g/mol. The first-order chi connectivity index (χ1) is 16.2. The zero-order valence-electron chi connectivity index (χ0n) is 16.9. The Morgan fingerprint density at radius 3 is 2.26 bits per heavy atom. The number of halogens is 6. The van der Waals surface area contributed by atoms with Crippen LogP contribution in [0.5, 0.6) is 5.75 Å². The Bertz CT molecular complexity index is 1330. The minimum Gasteiger partial charge on any atom is -0.486 e. The fraction of sp³-hybridized carbons (Fsp3) is 0.0909. The van der Waals surface area contributed by atoms with Gasteiger partial charge in [0.15, 0.2) is 34.8 Å². The minimum atomic E-state index is -2.24. The highest BCUT2D eigenvalue weighted by molar-refractivity contribution is 9.10. The summed E-state index contributed by atoms with van der Waals surface area (Å²) in [5.41, 5.74) is -1.06. The third-order valence-electron chi connectivity index (χ3n) is 4.58. The van der Waals surface area contributed by atoms with Gasteiger partial charge in [-0.15, -0.1) is 0 Å². The van der Waals surface area contributed by atoms with Gasteiger partial charge in [0.25, 0.3) is 5.91 Å². The maximum Gasteiger partial charge on any atom is 0.292 e. The number of carbonyl (C=O) groups excluding carboxylic acids is 1. The second kappa shape index (κ2) is 9.67. The number of nitrogens with zero attached hydrogens (tertiary/aromatic N) is 2. The molecular formula is C22H13BrF5N3O3. The summed E-state index contributed by atoms with van der Waals surface area (Å²) in [6.07, 6.45) is 1.20. The molecule has 0 unspecified atom stereocenters. The van der Waals surface area contributed by atoms with Crippen molar-refractivity contribution in [3.8, 4) is 5.75 Å². The summed E-state index contributed by atoms with van der Waals surface area (Å²) in [5.74, 6) is -10.0. The predicted molar refractivity (Wildman–Crippen MR) is 113 cm³/mol. The molecule has 1 N–H and O–H groups in total. The van der Waals surface area contributed by atoms with Gasteiger partial charge in [-0.2, -0.15) is 5.10 Å². The van der Waals surface area contributed by atoms with Gasteiger partial charge in [0.1, 0.15) is 18.1 Å². The molecule has 1 amide bonds. The average Bonchev–Trinajstić information content (AvgIpc) is 3.48. The van der Waals surface area contributed by atoms with E-state index in [2.05, 4.69) is 26.3 Å². The van der Waals surface area contributed by atoms with Crippen molar-refractivity contribution in [2.75, 3.05) is 5.32 Å². The summed E-state index contributed by atoms with van der Waals surface area (Å²) in [6, 6.07) is 11.4. The molecule has 0 aliphatic rings. The Morgan fingerprint density at radius 1 is 0.941 bits per heavy atom. The number of benzene rings is 2. The molecule has 0 aliphatic heterocycles. The monoisotopic (exact) mass is 541 g/mol. The first-order valence-corrected chi connectivity index (χ1v) is 10.3. The summed E-state index contributed by atoms with van der Waals surface area (Å²) >= 11 is 3.32. The van der Waals surface area contributed by atoms with Crippen molar-refractivity contribution < 1.29 is 35.9 Å². The van der Waals surface area contributed by atoms with Crippen LogP contribution in [0.25, 0.3) is 0 Å². The predicted octanol–water partition coefficient (Wildman–Crippen LogP) is 5.81. The molecule has 176 valence electrons. The quantitative estimate of drug-likeness (QED) is 0.182. The van der Waals surface area contributed by atoms with Crippen LogP contribution >= 0.6 is 15.9 Å². The van der Waals surface area contributed by atoms with Gasteiger partial charge in [-0.25, -0.2) is 22.0 Å². The van der Waals surface area contributed by atoms with Crippen molar-refractivity contribution in [2.45, 2.75) is 13.2 Å². The molecule has 0 atom stereocenters. The van der Waals surface area contributed by atoms with Crippen LogP contribution < -0.4 is 10.1 Å². The number of furan rings is 1. The van der Waals surface area contributed by atoms with E-state index in [-0.39, 0.29) is 18.2 Å². The fourth-order valence-electron chi connectivity index (χ4n) is 2.91. The zero-order valence-corrected chi connectivity index (χ0v) is 18.5. The molecule has 0 spiro atoms. The lowest BCUT2D eigenvalue weighted by Crippen LogP contribution is -2.13. The number of anilines is 1. The van der Waals surface area contributed by atoms with E-state index in [9.17, 15) is 26.7 Å². The van der Waals surface area contributed by atoms with Gasteiger partial charge in [-0.05, 0) is 36.4 Å². The van der Waals surface area contributed by atoms with Crippen LogP contribution in [0.2, 0.25) is 0 Å². The fourth-order valence-corrected chi connectivity index (χ4v) is 3.17. The van der Waals surface area contributed by atoms with Crippen molar-refractivity contribution >= 4 is 27.7 Å². The van der Waals surface area contributed by atoms with Gasteiger partial charge < -0.3 is 14.5 Å². The topological polar surface area (TPSA) is 69.3 Å². The molecule has 0 aliphatic carbocycles. The summed E-state index contributed by atoms with van der Waals surface area (Å²) in [7, 11) is 0. The smallest absolute Gasteiger partial charge is 0.292 e. The Hall–Kier alpha value is -3.67. The lowest BCUT2D eigenvalue weighted by Gasteiger charge is -2.08. The van der Waals surface area contributed by atoms with Crippen molar-refractivity contribution in [1.82, 2.24) is 9.78 Å². The first-order valence-electron chi connectivity index (χ1n) is 9.55. The molecule has 4 aromatic rings. The lowest BCUT2D eigenvalue weighted by atomic mass is 10.1. The van der Waals surface area contributed by atoms with E-state index < -0.39 is 47.1 Å². The highest BCUT2D eigenvalue weighted by Gasteiger charge is 2.26. The van der Waals surface area contributed by atoms with Crippen LogP contribution in [-0.4, -0.2) is 15.7 Å². The van der Waals surface area contributed by atoms with Crippen molar-refractivity contribution in [3.05, 3.63) is 99.3 Å². The second-order valence-electron chi connectivity index (χ2n) is 6.91. The maximum absolute atomic E-state index is 13.9. The van der Waals surface area contributed by atoms with Crippen LogP contribution in [0.1, 0.15) is 21.9 Å². The van der Waals surface area contributed by atoms with E-state index >= 15 is 0 Å². The SMILES string of the molecule is O=C(Nc1ccn(Cc2c(F)c(F)c(F)c(F)c2F)n1)c1ccc(COc2ccc(Br)cc2)o1. The molecule has 6 nitrogen and oxygen atoms in total. The van der Waals surface area contributed by atoms with Gasteiger partial charge in [0.05, 0.1) is 12.1 Å². The third-order valence-corrected chi connectivity index (χ3v) is 5.11. The van der Waals surface area contributed by atoms with E-state index in [0.29, 0.717) is 11.5 Å². The molecule has 0 saturated heterocycles. The molecule has 4 rings (SSSR count). The molecule has 0 bridgehead atoms. The summed E-state index contributed by atoms with van der Waals surface area (Å²) in [6.45, 7) is -0.675. The summed E-state index contributed by atoms with van der Waals surface area (Å²) in [4.78, 5) is 12.4. The van der Waals surface area contributed by atoms with Crippen LogP contribution in [0.3, 0.4) is 0 Å². The highest BCUT2D eigenvalue weighted by Crippen LogP contribution is 2.24. The Balaban J connectivity index is 1.39. The summed E-state index contributed by atoms with van der Waals surface area (Å²) in [5, 5.41) is 6.28. The average molecular weight is 542 g/mol. The number of aromatic nitrogens is 2. The van der Waals surface area contributed by atoms with Crippen LogP contribution in [0, 0.1) is 29.1 Å². The Labute approximate surface area is 197 Å². The van der Waals surface area contributed by atoms with Crippen molar-refractivity contribution in [1.29, 1.82) is 0 Å². The molecule has 0 radical (unpaired) electrons. The summed E-state index contributed by atoms with van der Waals surface area (Å²) < 4.78 is 80.4. The largest absolute Gasteiger partial charge is 0.486 e. The van der Waals surface area contributed by atoms with Gasteiger partial charge in [-0.3, -0.25) is 9.48 Å². The molecule has 0 saturated carbocycles. The van der Waals surface area contributed by atoms with Gasteiger partial charge in [0, 0.05) is 16.7 Å². The van der Waals surface area contributed by atoms with Crippen LogP contribution in [0.15, 0.2) is 57.6 Å². The highest BCUT2D eigenvalue weighted by atomic mass is 79.9. The number of carbonyl (C=O) groups is 1. The van der Waals surface area contributed by atoms with Crippen molar-refractivity contribution in [2.24, 2.45) is 0 Å². The number of rotatable bonds is 7. The van der Waals surface area contributed by atoms with Crippen LogP contribution in [-0.2, 0) is 13.2 Å². The Kier molecular flexibility index (Phi) is 6.68. The molecule has 0 fully saturated rings. The minimum absolute atomic E-state index is 0.0297. The number of hydrogen-bond donors (Lipinski definition) is 1. The van der Waals surface area contributed by atoms with E-state index in [4.69, 9.17) is 9.15 Å². The zero-order chi connectivity index (χ0) is 24.4. The second-order valence-corrected chi connectivity index (χ2v) is 7.83. The number of ether oxygens (including phenoxy) is 1. The molecule has 34 heavy (non-hydrogen) atoms. The number of nitrogens with one attached hydrogen (secondary N) is 1. The van der Waals surface area contributed by atoms with Gasteiger partial charge in [-0.1, -0.05) is 15.9 Å². The van der Waals surface area contributed by atoms with Crippen LogP contribution in [0.4, 0.5) is 27.8 Å². The standard InChI is InChI=1S/C22H13BrF5N3O3/c23-11-1-3-12(4-2-11)33-10-13-5-6-15(34-13)22(32)29-16-7-8-31(30-16)9-14-17(24)19(26)21(28)20(27)18(14)25/h1-8H,9-10H2,(H,29,30,32). The van der Waals surface area contributed by atoms with E-state index in [1.165, 1.54) is 18.3 Å². The van der Waals surface area contributed by atoms with Gasteiger partial charge >= 0.3 is 0 Å². The normalized spacial score (nSPS) is 11.0. The number of amides is 1. The lowest BCUT2D eigenvalue weighted by molar-refractivity contribution is 0.0992. The van der Waals surface area contributed by atoms with E-state index in [0.717, 1.165) is 9.15 Å².